The quantitative estimate of drug-likeness (QED) is 0.0391. The average molecular weight is 751 g/mol. The summed E-state index contributed by atoms with van der Waals surface area (Å²) in [7, 11) is 0. The molecule has 0 radical (unpaired) electrons. The Morgan fingerprint density at radius 2 is 0.741 bits per heavy atom. The van der Waals surface area contributed by atoms with E-state index >= 15 is 0 Å². The number of allylic oxidation sites excluding steroid dienone is 8. The average Bonchev–Trinajstić information content (AvgIpc) is 3.16. The van der Waals surface area contributed by atoms with Gasteiger partial charge in [0.15, 0.2) is 0 Å². The number of unbranched alkanes of at least 4 members (excludes halogenated alkanes) is 20. The number of aldehydes is 1. The molecule has 7 nitrogen and oxygen atoms in total. The fourth-order valence-electron chi connectivity index (χ4n) is 6.15. The summed E-state index contributed by atoms with van der Waals surface area (Å²) in [5.41, 5.74) is 0.582. The molecule has 54 heavy (non-hydrogen) atoms. The SMILES string of the molecule is O=Cc1cc(OCCCCCCC/C=C\C/C=C\CCCCCCCC(=O)O)cc(OCCCCCCC/C=C\C/C=C\CCCCCCCC(=O)O)c1. The molecule has 1 rings (SSSR count). The second kappa shape index (κ2) is 37.7. The third-order valence-electron chi connectivity index (χ3n) is 9.34. The van der Waals surface area contributed by atoms with Crippen LogP contribution >= 0.6 is 0 Å². The number of hydrogen-bond acceptors (Lipinski definition) is 5. The van der Waals surface area contributed by atoms with E-state index in [0.29, 0.717) is 43.1 Å². The van der Waals surface area contributed by atoms with Gasteiger partial charge >= 0.3 is 11.9 Å². The highest BCUT2D eigenvalue weighted by molar-refractivity contribution is 5.76. The van der Waals surface area contributed by atoms with Gasteiger partial charge in [0, 0.05) is 24.5 Å². The van der Waals surface area contributed by atoms with Gasteiger partial charge in [0.2, 0.25) is 0 Å². The molecule has 2 N–H and O–H groups in total. The lowest BCUT2D eigenvalue weighted by Crippen LogP contribution is -2.01. The third-order valence-corrected chi connectivity index (χ3v) is 9.34. The second-order valence-electron chi connectivity index (χ2n) is 14.4. The topological polar surface area (TPSA) is 110 Å². The molecule has 0 saturated carbocycles. The highest BCUT2D eigenvalue weighted by atomic mass is 16.5. The van der Waals surface area contributed by atoms with Gasteiger partial charge in [-0.25, -0.2) is 0 Å². The van der Waals surface area contributed by atoms with Gasteiger partial charge in [0.1, 0.15) is 17.8 Å². The summed E-state index contributed by atoms with van der Waals surface area (Å²) in [6.45, 7) is 1.29. The number of carbonyl (C=O) groups is 3. The summed E-state index contributed by atoms with van der Waals surface area (Å²) in [5.74, 6) is 0.0240. The Labute approximate surface area is 328 Å². The van der Waals surface area contributed by atoms with Gasteiger partial charge < -0.3 is 19.7 Å². The molecular formula is C47H74O7. The van der Waals surface area contributed by atoms with Crippen molar-refractivity contribution in [3.8, 4) is 11.5 Å². The van der Waals surface area contributed by atoms with Crippen LogP contribution in [-0.2, 0) is 9.59 Å². The van der Waals surface area contributed by atoms with E-state index in [2.05, 4.69) is 48.6 Å². The van der Waals surface area contributed by atoms with Crippen molar-refractivity contribution < 1.29 is 34.1 Å². The molecule has 0 aliphatic carbocycles. The molecule has 0 aliphatic heterocycles. The standard InChI is InChI=1S/C47H74O7/c48-42-43-39-44(53-37-33-29-25-21-17-13-9-5-1-3-7-11-15-19-23-27-31-35-46(49)50)41-45(40-43)54-38-34-30-26-22-18-14-10-6-2-4-8-12-16-20-24-28-32-36-47(51)52/h3-10,39-42H,1-2,11-38H2,(H,49,50)(H,51,52)/b7-3-,8-4-,9-5-,10-6-. The molecule has 1 aromatic rings. The number of aliphatic carboxylic acids is 2. The minimum atomic E-state index is -0.689. The fourth-order valence-corrected chi connectivity index (χ4v) is 6.15. The van der Waals surface area contributed by atoms with E-state index in [1.54, 1.807) is 12.1 Å². The first-order valence-corrected chi connectivity index (χ1v) is 21.4. The largest absolute Gasteiger partial charge is 0.493 e. The van der Waals surface area contributed by atoms with Crippen molar-refractivity contribution in [2.24, 2.45) is 0 Å². The third kappa shape index (κ3) is 34.2. The Balaban J connectivity index is 1.99. The van der Waals surface area contributed by atoms with Crippen molar-refractivity contribution >= 4 is 18.2 Å². The smallest absolute Gasteiger partial charge is 0.303 e. The number of carboxylic acid groups (broad SMARTS) is 2. The number of carbonyl (C=O) groups excluding carboxylic acids is 1. The number of rotatable bonds is 39. The van der Waals surface area contributed by atoms with Gasteiger partial charge in [-0.3, -0.25) is 14.4 Å². The van der Waals surface area contributed by atoms with E-state index in [4.69, 9.17) is 19.7 Å². The monoisotopic (exact) mass is 751 g/mol. The van der Waals surface area contributed by atoms with Crippen LogP contribution in [0, 0.1) is 0 Å². The van der Waals surface area contributed by atoms with Gasteiger partial charge in [-0.2, -0.15) is 0 Å². The van der Waals surface area contributed by atoms with Crippen LogP contribution in [0.5, 0.6) is 11.5 Å². The first-order valence-electron chi connectivity index (χ1n) is 21.4. The number of benzene rings is 1. The van der Waals surface area contributed by atoms with Crippen LogP contribution in [0.4, 0.5) is 0 Å². The molecular weight excluding hydrogens is 677 g/mol. The summed E-state index contributed by atoms with van der Waals surface area (Å²) in [5, 5.41) is 17.3. The molecule has 0 unspecified atom stereocenters. The van der Waals surface area contributed by atoms with Crippen LogP contribution in [0.25, 0.3) is 0 Å². The lowest BCUT2D eigenvalue weighted by atomic mass is 10.1. The molecule has 0 fully saturated rings. The molecule has 0 aliphatic rings. The molecule has 0 bridgehead atoms. The summed E-state index contributed by atoms with van der Waals surface area (Å²) in [4.78, 5) is 32.5. The number of hydrogen-bond donors (Lipinski definition) is 2. The van der Waals surface area contributed by atoms with Crippen LogP contribution < -0.4 is 9.47 Å². The van der Waals surface area contributed by atoms with Crippen molar-refractivity contribution in [1.82, 2.24) is 0 Å². The van der Waals surface area contributed by atoms with Crippen LogP contribution in [-0.4, -0.2) is 41.7 Å². The Hall–Kier alpha value is -3.61. The molecule has 304 valence electrons. The highest BCUT2D eigenvalue weighted by Gasteiger charge is 2.04. The lowest BCUT2D eigenvalue weighted by Gasteiger charge is -2.11. The molecule has 0 amide bonds. The number of carboxylic acids is 2. The lowest BCUT2D eigenvalue weighted by molar-refractivity contribution is -0.138. The Kier molecular flexibility index (Phi) is 33.8. The second-order valence-corrected chi connectivity index (χ2v) is 14.4. The van der Waals surface area contributed by atoms with E-state index in [1.165, 1.54) is 64.2 Å². The zero-order valence-corrected chi connectivity index (χ0v) is 33.6. The zero-order chi connectivity index (χ0) is 39.0. The predicted octanol–water partition coefficient (Wildman–Crippen LogP) is 13.6. The molecule has 0 heterocycles. The van der Waals surface area contributed by atoms with Crippen molar-refractivity contribution in [3.05, 3.63) is 72.4 Å². The summed E-state index contributed by atoms with van der Waals surface area (Å²) < 4.78 is 12.0. The predicted molar refractivity (Wildman–Crippen MR) is 224 cm³/mol. The maximum absolute atomic E-state index is 11.5. The van der Waals surface area contributed by atoms with Gasteiger partial charge in [-0.15, -0.1) is 0 Å². The van der Waals surface area contributed by atoms with E-state index in [1.807, 2.05) is 6.07 Å². The van der Waals surface area contributed by atoms with E-state index < -0.39 is 11.9 Å². The van der Waals surface area contributed by atoms with Crippen molar-refractivity contribution in [3.63, 3.8) is 0 Å². The normalized spacial score (nSPS) is 11.8. The van der Waals surface area contributed by atoms with E-state index in [-0.39, 0.29) is 0 Å². The molecule has 0 aromatic heterocycles. The highest BCUT2D eigenvalue weighted by Crippen LogP contribution is 2.23. The van der Waals surface area contributed by atoms with E-state index in [9.17, 15) is 14.4 Å². The molecule has 0 spiro atoms. The Morgan fingerprint density at radius 1 is 0.426 bits per heavy atom. The van der Waals surface area contributed by atoms with Gasteiger partial charge in [0.25, 0.3) is 0 Å². The summed E-state index contributed by atoms with van der Waals surface area (Å²) in [6.07, 6.45) is 48.2. The Bertz CT molecular complexity index is 1100. The molecule has 0 saturated heterocycles. The van der Waals surface area contributed by atoms with Crippen LogP contribution in [0.1, 0.15) is 190 Å². The summed E-state index contributed by atoms with van der Waals surface area (Å²) >= 11 is 0. The van der Waals surface area contributed by atoms with Crippen molar-refractivity contribution in [2.45, 2.75) is 180 Å². The van der Waals surface area contributed by atoms with Gasteiger partial charge in [-0.1, -0.05) is 126 Å². The minimum Gasteiger partial charge on any atom is -0.493 e. The zero-order valence-electron chi connectivity index (χ0n) is 33.6. The maximum Gasteiger partial charge on any atom is 0.303 e. The Morgan fingerprint density at radius 3 is 1.07 bits per heavy atom. The first-order chi connectivity index (χ1) is 26.5. The van der Waals surface area contributed by atoms with Gasteiger partial charge in [-0.05, 0) is 102 Å². The number of ether oxygens (including phenoxy) is 2. The van der Waals surface area contributed by atoms with Crippen LogP contribution in [0.3, 0.4) is 0 Å². The maximum atomic E-state index is 11.5. The molecule has 0 atom stereocenters. The van der Waals surface area contributed by atoms with Crippen molar-refractivity contribution in [2.75, 3.05) is 13.2 Å². The minimum absolute atomic E-state index is 0.297. The summed E-state index contributed by atoms with van der Waals surface area (Å²) in [6, 6.07) is 5.48. The molecule has 7 heteroatoms. The van der Waals surface area contributed by atoms with E-state index in [0.717, 1.165) is 109 Å². The van der Waals surface area contributed by atoms with Crippen LogP contribution in [0.2, 0.25) is 0 Å². The fraction of sp³-hybridized carbons (Fsp3) is 0.638. The van der Waals surface area contributed by atoms with Crippen molar-refractivity contribution in [1.29, 1.82) is 0 Å². The molecule has 1 aromatic carbocycles. The first kappa shape index (κ1) is 48.4. The van der Waals surface area contributed by atoms with Gasteiger partial charge in [0.05, 0.1) is 13.2 Å². The van der Waals surface area contributed by atoms with Crippen LogP contribution in [0.15, 0.2) is 66.8 Å².